The number of aryl methyl sites for hydroxylation is 1. The first-order valence-corrected chi connectivity index (χ1v) is 10.4. The van der Waals surface area contributed by atoms with Crippen molar-refractivity contribution in [3.05, 3.63) is 71.3 Å². The molecule has 158 valence electrons. The zero-order chi connectivity index (χ0) is 21.8. The van der Waals surface area contributed by atoms with Crippen LogP contribution in [0.4, 0.5) is 0 Å². The standard InChI is InChI=1S/C26H31NO3/c1-16(2)22-15-23(17(3)14-25(22)29-6)18(4)27-26(28)19(5)30-24-13-9-11-20-10-7-8-12-21(20)24/h7-16,18-19H,1-6H3,(H,27,28)/t18-,19+/m0/s1. The second kappa shape index (κ2) is 9.21. The van der Waals surface area contributed by atoms with Crippen molar-refractivity contribution in [1.29, 1.82) is 0 Å². The van der Waals surface area contributed by atoms with Crippen LogP contribution in [-0.4, -0.2) is 19.1 Å². The molecule has 0 aliphatic carbocycles. The first kappa shape index (κ1) is 21.7. The van der Waals surface area contributed by atoms with Gasteiger partial charge < -0.3 is 14.8 Å². The van der Waals surface area contributed by atoms with E-state index >= 15 is 0 Å². The fourth-order valence-electron chi connectivity index (χ4n) is 3.76. The highest BCUT2D eigenvalue weighted by Crippen LogP contribution is 2.32. The van der Waals surface area contributed by atoms with E-state index in [-0.39, 0.29) is 11.9 Å². The minimum absolute atomic E-state index is 0.139. The second-order valence-electron chi connectivity index (χ2n) is 8.07. The number of amides is 1. The van der Waals surface area contributed by atoms with Crippen molar-refractivity contribution in [3.8, 4) is 11.5 Å². The zero-order valence-corrected chi connectivity index (χ0v) is 18.7. The quantitative estimate of drug-likeness (QED) is 0.530. The summed E-state index contributed by atoms with van der Waals surface area (Å²) in [5.74, 6) is 1.79. The molecule has 0 aliphatic heterocycles. The minimum Gasteiger partial charge on any atom is -0.496 e. The number of carbonyl (C=O) groups is 1. The molecule has 3 rings (SSSR count). The third-order valence-corrected chi connectivity index (χ3v) is 5.49. The summed E-state index contributed by atoms with van der Waals surface area (Å²) in [5.41, 5.74) is 3.32. The van der Waals surface area contributed by atoms with Crippen LogP contribution >= 0.6 is 0 Å². The Kier molecular flexibility index (Phi) is 6.66. The fraction of sp³-hybridized carbons (Fsp3) is 0.346. The van der Waals surface area contributed by atoms with E-state index in [4.69, 9.17) is 9.47 Å². The molecule has 1 N–H and O–H groups in total. The van der Waals surface area contributed by atoms with E-state index in [1.807, 2.05) is 62.4 Å². The third-order valence-electron chi connectivity index (χ3n) is 5.49. The Morgan fingerprint density at radius 1 is 0.900 bits per heavy atom. The fourth-order valence-corrected chi connectivity index (χ4v) is 3.76. The van der Waals surface area contributed by atoms with Gasteiger partial charge in [-0.25, -0.2) is 0 Å². The smallest absolute Gasteiger partial charge is 0.261 e. The molecule has 0 saturated heterocycles. The normalized spacial score (nSPS) is 13.2. The molecule has 1 amide bonds. The van der Waals surface area contributed by atoms with E-state index < -0.39 is 6.10 Å². The first-order valence-electron chi connectivity index (χ1n) is 10.4. The molecule has 3 aromatic carbocycles. The molecule has 2 atom stereocenters. The Morgan fingerprint density at radius 3 is 2.30 bits per heavy atom. The van der Waals surface area contributed by atoms with E-state index in [0.29, 0.717) is 11.7 Å². The van der Waals surface area contributed by atoms with E-state index in [1.54, 1.807) is 14.0 Å². The molecular weight excluding hydrogens is 374 g/mol. The number of methoxy groups -OCH3 is 1. The highest BCUT2D eigenvalue weighted by atomic mass is 16.5. The van der Waals surface area contributed by atoms with Crippen LogP contribution in [0.25, 0.3) is 10.8 Å². The lowest BCUT2D eigenvalue weighted by atomic mass is 9.93. The number of hydrogen-bond acceptors (Lipinski definition) is 3. The summed E-state index contributed by atoms with van der Waals surface area (Å²) < 4.78 is 11.6. The Hall–Kier alpha value is -3.01. The number of carbonyl (C=O) groups excluding carboxylic acids is 1. The van der Waals surface area contributed by atoms with Gasteiger partial charge in [-0.05, 0) is 67.0 Å². The van der Waals surface area contributed by atoms with Gasteiger partial charge in [-0.15, -0.1) is 0 Å². The van der Waals surface area contributed by atoms with Crippen molar-refractivity contribution in [3.63, 3.8) is 0 Å². The number of hydrogen-bond donors (Lipinski definition) is 1. The zero-order valence-electron chi connectivity index (χ0n) is 18.7. The Balaban J connectivity index is 1.76. The van der Waals surface area contributed by atoms with E-state index in [0.717, 1.165) is 33.2 Å². The SMILES string of the molecule is COc1cc(C)c([C@H](C)NC(=O)[C@@H](C)Oc2cccc3ccccc23)cc1C(C)C. The summed E-state index contributed by atoms with van der Waals surface area (Å²) in [7, 11) is 1.69. The maximum Gasteiger partial charge on any atom is 0.261 e. The highest BCUT2D eigenvalue weighted by molar-refractivity contribution is 5.89. The van der Waals surface area contributed by atoms with Crippen LogP contribution in [0.5, 0.6) is 11.5 Å². The maximum atomic E-state index is 12.9. The first-order chi connectivity index (χ1) is 14.3. The van der Waals surface area contributed by atoms with Gasteiger partial charge in [0.1, 0.15) is 11.5 Å². The molecule has 0 aromatic heterocycles. The Bertz CT molecular complexity index is 1040. The van der Waals surface area contributed by atoms with E-state index in [1.165, 1.54) is 0 Å². The van der Waals surface area contributed by atoms with Crippen molar-refractivity contribution in [1.82, 2.24) is 5.32 Å². The van der Waals surface area contributed by atoms with Crippen LogP contribution in [-0.2, 0) is 4.79 Å². The molecule has 30 heavy (non-hydrogen) atoms. The van der Waals surface area contributed by atoms with Gasteiger partial charge in [0.05, 0.1) is 13.2 Å². The third kappa shape index (κ3) is 4.59. The number of benzene rings is 3. The molecule has 4 heteroatoms. The molecule has 0 radical (unpaired) electrons. The van der Waals surface area contributed by atoms with Crippen molar-refractivity contribution >= 4 is 16.7 Å². The maximum absolute atomic E-state index is 12.9. The molecular formula is C26H31NO3. The molecule has 0 heterocycles. The summed E-state index contributed by atoms with van der Waals surface area (Å²) in [6.45, 7) is 10.1. The molecule has 0 unspecified atom stereocenters. The van der Waals surface area contributed by atoms with Crippen molar-refractivity contribution in [2.24, 2.45) is 0 Å². The average Bonchev–Trinajstić information content (AvgIpc) is 2.73. The molecule has 0 saturated carbocycles. The number of rotatable bonds is 7. The molecule has 4 nitrogen and oxygen atoms in total. The molecule has 0 aliphatic rings. The lowest BCUT2D eigenvalue weighted by Gasteiger charge is -2.23. The van der Waals surface area contributed by atoms with Crippen LogP contribution in [0, 0.1) is 6.92 Å². The van der Waals surface area contributed by atoms with Crippen molar-refractivity contribution in [2.75, 3.05) is 7.11 Å². The predicted octanol–water partition coefficient (Wildman–Crippen LogP) is 5.92. The molecule has 0 bridgehead atoms. The Labute approximate surface area is 179 Å². The highest BCUT2D eigenvalue weighted by Gasteiger charge is 2.21. The van der Waals surface area contributed by atoms with Gasteiger partial charge in [0, 0.05) is 5.39 Å². The molecule has 3 aromatic rings. The number of ether oxygens (including phenoxy) is 2. The van der Waals surface area contributed by atoms with Gasteiger partial charge in [0.2, 0.25) is 0 Å². The van der Waals surface area contributed by atoms with Gasteiger partial charge in [0.25, 0.3) is 5.91 Å². The summed E-state index contributed by atoms with van der Waals surface area (Å²) >= 11 is 0. The van der Waals surface area contributed by atoms with Crippen LogP contribution in [0.15, 0.2) is 54.6 Å². The topological polar surface area (TPSA) is 47.6 Å². The van der Waals surface area contributed by atoms with E-state index in [2.05, 4.69) is 25.2 Å². The van der Waals surface area contributed by atoms with Crippen molar-refractivity contribution in [2.45, 2.75) is 52.7 Å². The largest absolute Gasteiger partial charge is 0.496 e. The predicted molar refractivity (Wildman–Crippen MR) is 122 cm³/mol. The van der Waals surface area contributed by atoms with E-state index in [9.17, 15) is 4.79 Å². The molecule has 0 spiro atoms. The van der Waals surface area contributed by atoms with Gasteiger partial charge in [-0.1, -0.05) is 50.2 Å². The van der Waals surface area contributed by atoms with Gasteiger partial charge >= 0.3 is 0 Å². The van der Waals surface area contributed by atoms with Crippen molar-refractivity contribution < 1.29 is 14.3 Å². The van der Waals surface area contributed by atoms with Crippen LogP contribution in [0.3, 0.4) is 0 Å². The minimum atomic E-state index is -0.610. The summed E-state index contributed by atoms with van der Waals surface area (Å²) in [6, 6.07) is 17.9. The lowest BCUT2D eigenvalue weighted by Crippen LogP contribution is -2.38. The average molecular weight is 406 g/mol. The van der Waals surface area contributed by atoms with Crippen LogP contribution < -0.4 is 14.8 Å². The number of fused-ring (bicyclic) bond motifs is 1. The lowest BCUT2D eigenvalue weighted by molar-refractivity contribution is -0.127. The monoisotopic (exact) mass is 405 g/mol. The summed E-state index contributed by atoms with van der Waals surface area (Å²) in [4.78, 5) is 12.9. The van der Waals surface area contributed by atoms with Gasteiger partial charge in [-0.2, -0.15) is 0 Å². The number of nitrogens with one attached hydrogen (secondary N) is 1. The van der Waals surface area contributed by atoms with Gasteiger partial charge in [-0.3, -0.25) is 4.79 Å². The second-order valence-corrected chi connectivity index (χ2v) is 8.07. The van der Waals surface area contributed by atoms with Crippen LogP contribution in [0.2, 0.25) is 0 Å². The molecule has 0 fully saturated rings. The van der Waals surface area contributed by atoms with Gasteiger partial charge in [0.15, 0.2) is 6.10 Å². The Morgan fingerprint density at radius 2 is 1.60 bits per heavy atom. The van der Waals surface area contributed by atoms with Crippen LogP contribution in [0.1, 0.15) is 56.3 Å². The summed E-state index contributed by atoms with van der Waals surface area (Å²) in [6.07, 6.45) is -0.610. The summed E-state index contributed by atoms with van der Waals surface area (Å²) in [5, 5.41) is 5.19.